The van der Waals surface area contributed by atoms with Crippen LogP contribution in [0, 0.1) is 0 Å². The smallest absolute Gasteiger partial charge is 0.232 e. The lowest BCUT2D eigenvalue weighted by molar-refractivity contribution is 0.102. The van der Waals surface area contributed by atoms with Crippen molar-refractivity contribution >= 4 is 44.0 Å². The van der Waals surface area contributed by atoms with Crippen molar-refractivity contribution in [3.8, 4) is 0 Å². The molecule has 0 aromatic heterocycles. The SMILES string of the molecule is C[C@H]1Cc2cc(C(=O)CSc3ccc4ccccc4c3)ccc2N1S(C)(=O)=O. The van der Waals surface area contributed by atoms with Gasteiger partial charge in [-0.25, -0.2) is 8.42 Å². The Hall–Kier alpha value is -2.31. The molecule has 3 aromatic carbocycles. The Labute approximate surface area is 169 Å². The van der Waals surface area contributed by atoms with E-state index in [0.29, 0.717) is 23.4 Å². The minimum atomic E-state index is -3.32. The molecule has 0 amide bonds. The van der Waals surface area contributed by atoms with Crippen LogP contribution in [0.1, 0.15) is 22.8 Å². The Morgan fingerprint density at radius 2 is 1.82 bits per heavy atom. The van der Waals surface area contributed by atoms with Crippen molar-refractivity contribution in [1.82, 2.24) is 0 Å². The Morgan fingerprint density at radius 1 is 1.07 bits per heavy atom. The van der Waals surface area contributed by atoms with E-state index in [-0.39, 0.29) is 11.8 Å². The molecule has 3 aromatic rings. The lowest BCUT2D eigenvalue weighted by atomic mass is 10.0. The first kappa shape index (κ1) is 19.0. The number of sulfonamides is 1. The molecule has 0 unspecified atom stereocenters. The van der Waals surface area contributed by atoms with Crippen molar-refractivity contribution in [2.45, 2.75) is 24.3 Å². The van der Waals surface area contributed by atoms with Gasteiger partial charge in [0.15, 0.2) is 5.78 Å². The van der Waals surface area contributed by atoms with Crippen LogP contribution in [0.25, 0.3) is 10.8 Å². The van der Waals surface area contributed by atoms with Gasteiger partial charge in [-0.05, 0) is 60.0 Å². The fourth-order valence-corrected chi connectivity index (χ4v) is 5.87. The van der Waals surface area contributed by atoms with Crippen LogP contribution in [-0.2, 0) is 16.4 Å². The molecule has 0 aliphatic carbocycles. The molecule has 1 aliphatic heterocycles. The van der Waals surface area contributed by atoms with E-state index in [0.717, 1.165) is 15.8 Å². The van der Waals surface area contributed by atoms with Crippen LogP contribution in [0.3, 0.4) is 0 Å². The summed E-state index contributed by atoms with van der Waals surface area (Å²) in [7, 11) is -3.32. The fraction of sp³-hybridized carbons (Fsp3) is 0.227. The van der Waals surface area contributed by atoms with Crippen molar-refractivity contribution in [2.24, 2.45) is 0 Å². The van der Waals surface area contributed by atoms with Gasteiger partial charge in [-0.1, -0.05) is 30.3 Å². The van der Waals surface area contributed by atoms with Crippen molar-refractivity contribution in [3.63, 3.8) is 0 Å². The van der Waals surface area contributed by atoms with Crippen molar-refractivity contribution in [2.75, 3.05) is 16.3 Å². The van der Waals surface area contributed by atoms with Crippen LogP contribution in [0.5, 0.6) is 0 Å². The third-order valence-corrected chi connectivity index (χ3v) is 7.27. The summed E-state index contributed by atoms with van der Waals surface area (Å²) in [6.07, 6.45) is 1.85. The van der Waals surface area contributed by atoms with Gasteiger partial charge in [0.2, 0.25) is 10.0 Å². The number of hydrogen-bond donors (Lipinski definition) is 0. The minimum Gasteiger partial charge on any atom is -0.293 e. The standard InChI is InChI=1S/C22H21NO3S2/c1-15-11-19-12-18(8-10-21(19)23(15)28(2,25)26)22(24)14-27-20-9-7-16-5-3-4-6-17(16)13-20/h3-10,12-13,15H,11,14H2,1-2H3/t15-/m0/s1. The highest BCUT2D eigenvalue weighted by Gasteiger charge is 2.32. The Morgan fingerprint density at radius 3 is 2.57 bits per heavy atom. The maximum atomic E-state index is 12.7. The molecule has 4 rings (SSSR count). The van der Waals surface area contributed by atoms with Gasteiger partial charge in [-0.3, -0.25) is 9.10 Å². The number of hydrogen-bond acceptors (Lipinski definition) is 4. The molecule has 28 heavy (non-hydrogen) atoms. The number of carbonyl (C=O) groups is 1. The van der Waals surface area contributed by atoms with Crippen molar-refractivity contribution in [3.05, 3.63) is 71.8 Å². The summed E-state index contributed by atoms with van der Waals surface area (Å²) in [5, 5.41) is 2.34. The summed E-state index contributed by atoms with van der Waals surface area (Å²) in [6.45, 7) is 1.89. The molecule has 6 heteroatoms. The van der Waals surface area contributed by atoms with Gasteiger partial charge < -0.3 is 0 Å². The zero-order chi connectivity index (χ0) is 19.9. The van der Waals surface area contributed by atoms with E-state index in [2.05, 4.69) is 24.3 Å². The number of benzene rings is 3. The number of thioether (sulfide) groups is 1. The van der Waals surface area contributed by atoms with E-state index in [4.69, 9.17) is 0 Å². The number of fused-ring (bicyclic) bond motifs is 2. The predicted octanol–water partition coefficient (Wildman–Crippen LogP) is 4.53. The maximum absolute atomic E-state index is 12.7. The van der Waals surface area contributed by atoms with Crippen molar-refractivity contribution < 1.29 is 13.2 Å². The lowest BCUT2D eigenvalue weighted by Crippen LogP contribution is -2.34. The Bertz CT molecular complexity index is 1170. The van der Waals surface area contributed by atoms with E-state index in [1.54, 1.807) is 12.1 Å². The average Bonchev–Trinajstić information content (AvgIpc) is 3.01. The molecular weight excluding hydrogens is 390 g/mol. The second-order valence-electron chi connectivity index (χ2n) is 7.18. The molecule has 0 saturated carbocycles. The predicted molar refractivity (Wildman–Crippen MR) is 116 cm³/mol. The molecule has 0 bridgehead atoms. The van der Waals surface area contributed by atoms with E-state index in [9.17, 15) is 13.2 Å². The second kappa shape index (κ2) is 7.26. The molecule has 4 nitrogen and oxygen atoms in total. The van der Waals surface area contributed by atoms with Crippen LogP contribution >= 0.6 is 11.8 Å². The summed E-state index contributed by atoms with van der Waals surface area (Å²) in [5.74, 6) is 0.397. The third kappa shape index (κ3) is 3.66. The summed E-state index contributed by atoms with van der Waals surface area (Å²) in [5.41, 5.74) is 2.24. The number of carbonyl (C=O) groups excluding carboxylic acids is 1. The highest BCUT2D eigenvalue weighted by Crippen LogP contribution is 2.35. The van der Waals surface area contributed by atoms with E-state index in [1.807, 2.05) is 31.2 Å². The molecule has 1 atom stereocenters. The monoisotopic (exact) mass is 411 g/mol. The summed E-state index contributed by atoms with van der Waals surface area (Å²) < 4.78 is 25.5. The van der Waals surface area contributed by atoms with Gasteiger partial charge in [-0.2, -0.15) is 0 Å². The van der Waals surface area contributed by atoms with Crippen LogP contribution in [0.15, 0.2) is 65.6 Å². The van der Waals surface area contributed by atoms with Gasteiger partial charge >= 0.3 is 0 Å². The summed E-state index contributed by atoms with van der Waals surface area (Å²) in [4.78, 5) is 13.7. The van der Waals surface area contributed by atoms with Gasteiger partial charge in [0.05, 0.1) is 17.7 Å². The van der Waals surface area contributed by atoms with Gasteiger partial charge in [0, 0.05) is 16.5 Å². The minimum absolute atomic E-state index is 0.0476. The maximum Gasteiger partial charge on any atom is 0.232 e. The van der Waals surface area contributed by atoms with E-state index >= 15 is 0 Å². The molecule has 144 valence electrons. The Balaban J connectivity index is 1.50. The zero-order valence-corrected chi connectivity index (χ0v) is 17.4. The molecular formula is C22H21NO3S2. The summed E-state index contributed by atoms with van der Waals surface area (Å²) >= 11 is 1.52. The zero-order valence-electron chi connectivity index (χ0n) is 15.8. The molecule has 0 saturated heterocycles. The molecule has 1 aliphatic rings. The number of rotatable bonds is 5. The first-order valence-electron chi connectivity index (χ1n) is 9.10. The molecule has 0 radical (unpaired) electrons. The van der Waals surface area contributed by atoms with Crippen LogP contribution in [0.2, 0.25) is 0 Å². The number of nitrogens with zero attached hydrogens (tertiary/aromatic N) is 1. The topological polar surface area (TPSA) is 54.5 Å². The van der Waals surface area contributed by atoms with E-state index < -0.39 is 10.0 Å². The van der Waals surface area contributed by atoms with Crippen LogP contribution in [0.4, 0.5) is 5.69 Å². The summed E-state index contributed by atoms with van der Waals surface area (Å²) in [6, 6.07) is 19.6. The first-order valence-corrected chi connectivity index (χ1v) is 11.9. The lowest BCUT2D eigenvalue weighted by Gasteiger charge is -2.21. The fourth-order valence-electron chi connectivity index (χ4n) is 3.77. The highest BCUT2D eigenvalue weighted by molar-refractivity contribution is 8.00. The molecule has 0 spiro atoms. The largest absolute Gasteiger partial charge is 0.293 e. The van der Waals surface area contributed by atoms with Crippen LogP contribution in [-0.4, -0.2) is 32.3 Å². The second-order valence-corrected chi connectivity index (χ2v) is 10.1. The third-order valence-electron chi connectivity index (χ3n) is 5.00. The first-order chi connectivity index (χ1) is 13.3. The Kier molecular flexibility index (Phi) is 4.93. The van der Waals surface area contributed by atoms with Gasteiger partial charge in [-0.15, -0.1) is 11.8 Å². The molecule has 1 heterocycles. The number of Topliss-reactive ketones (excluding diaryl/α,β-unsaturated/α-hetero) is 1. The van der Waals surface area contributed by atoms with Crippen LogP contribution < -0.4 is 4.31 Å². The van der Waals surface area contributed by atoms with Gasteiger partial charge in [0.25, 0.3) is 0 Å². The van der Waals surface area contributed by atoms with Crippen molar-refractivity contribution in [1.29, 1.82) is 0 Å². The van der Waals surface area contributed by atoms with E-state index in [1.165, 1.54) is 27.7 Å². The average molecular weight is 412 g/mol. The highest BCUT2D eigenvalue weighted by atomic mass is 32.2. The molecule has 0 fully saturated rings. The molecule has 0 N–H and O–H groups in total. The quantitative estimate of drug-likeness (QED) is 0.457. The normalized spacial score (nSPS) is 16.4. The van der Waals surface area contributed by atoms with Gasteiger partial charge in [0.1, 0.15) is 0 Å². The number of ketones is 1. The number of anilines is 1.